The number of hydrogen-bond acceptors (Lipinski definition) is 4. The molecule has 1 aliphatic heterocycles. The average molecular weight is 221 g/mol. The fourth-order valence-corrected chi connectivity index (χ4v) is 1.98. The van der Waals surface area contributed by atoms with E-state index in [4.69, 9.17) is 5.73 Å². The zero-order valence-corrected chi connectivity index (χ0v) is 9.69. The van der Waals surface area contributed by atoms with E-state index >= 15 is 0 Å². The van der Waals surface area contributed by atoms with E-state index in [0.717, 1.165) is 32.5 Å². The molecule has 0 amide bonds. The van der Waals surface area contributed by atoms with Gasteiger partial charge in [-0.2, -0.15) is 0 Å². The van der Waals surface area contributed by atoms with Crippen LogP contribution in [-0.4, -0.2) is 33.7 Å². The van der Waals surface area contributed by atoms with Crippen molar-refractivity contribution in [3.05, 3.63) is 23.9 Å². The first-order valence-electron chi connectivity index (χ1n) is 5.70. The lowest BCUT2D eigenvalue weighted by Gasteiger charge is -2.35. The highest BCUT2D eigenvalue weighted by molar-refractivity contribution is 5.29. The molecule has 1 saturated heterocycles. The molecule has 0 aliphatic carbocycles. The van der Waals surface area contributed by atoms with Gasteiger partial charge in [-0.3, -0.25) is 4.90 Å². The number of rotatable bonds is 2. The predicted octanol–water partition coefficient (Wildman–Crippen LogP) is 1.01. The molecule has 2 heterocycles. The molecule has 2 rings (SSSR count). The first kappa shape index (κ1) is 11.4. The minimum atomic E-state index is -0.476. The van der Waals surface area contributed by atoms with Gasteiger partial charge in [0.05, 0.1) is 5.60 Å². The molecule has 1 fully saturated rings. The van der Waals surface area contributed by atoms with Crippen LogP contribution in [0.2, 0.25) is 0 Å². The summed E-state index contributed by atoms with van der Waals surface area (Å²) in [5.74, 6) is 0.560. The summed E-state index contributed by atoms with van der Waals surface area (Å²) in [5, 5.41) is 9.84. The number of pyridine rings is 1. The Balaban J connectivity index is 1.89. The number of nitrogens with zero attached hydrogens (tertiary/aromatic N) is 2. The maximum absolute atomic E-state index is 9.84. The molecule has 16 heavy (non-hydrogen) atoms. The zero-order chi connectivity index (χ0) is 11.6. The van der Waals surface area contributed by atoms with Gasteiger partial charge < -0.3 is 10.8 Å². The van der Waals surface area contributed by atoms with E-state index in [2.05, 4.69) is 9.88 Å². The van der Waals surface area contributed by atoms with Gasteiger partial charge in [-0.05, 0) is 31.4 Å². The van der Waals surface area contributed by atoms with Crippen LogP contribution in [0.15, 0.2) is 18.3 Å². The third-order valence-electron chi connectivity index (χ3n) is 3.19. The summed E-state index contributed by atoms with van der Waals surface area (Å²) in [6.07, 6.45) is 3.51. The van der Waals surface area contributed by atoms with E-state index in [-0.39, 0.29) is 0 Å². The van der Waals surface area contributed by atoms with Gasteiger partial charge in [-0.15, -0.1) is 0 Å². The molecule has 88 valence electrons. The molecule has 0 bridgehead atoms. The Morgan fingerprint density at radius 2 is 2.12 bits per heavy atom. The third kappa shape index (κ3) is 2.93. The molecule has 0 saturated carbocycles. The summed E-state index contributed by atoms with van der Waals surface area (Å²) < 4.78 is 0. The molecule has 1 aromatic heterocycles. The fourth-order valence-electron chi connectivity index (χ4n) is 1.98. The molecule has 1 aliphatic rings. The molecular formula is C12H19N3O. The molecule has 4 nitrogen and oxygen atoms in total. The van der Waals surface area contributed by atoms with E-state index in [1.807, 2.05) is 25.3 Å². The lowest BCUT2D eigenvalue weighted by atomic mass is 9.94. The number of anilines is 1. The van der Waals surface area contributed by atoms with Crippen molar-refractivity contribution in [2.45, 2.75) is 31.9 Å². The Bertz CT molecular complexity index is 338. The Hall–Kier alpha value is -1.13. The molecule has 0 unspecified atom stereocenters. The minimum Gasteiger partial charge on any atom is -0.390 e. The molecular weight excluding hydrogens is 202 g/mol. The van der Waals surface area contributed by atoms with Crippen molar-refractivity contribution in [2.24, 2.45) is 0 Å². The Labute approximate surface area is 96.1 Å². The van der Waals surface area contributed by atoms with E-state index in [1.165, 1.54) is 5.56 Å². The quantitative estimate of drug-likeness (QED) is 0.782. The van der Waals surface area contributed by atoms with Gasteiger partial charge >= 0.3 is 0 Å². The summed E-state index contributed by atoms with van der Waals surface area (Å²) in [6, 6.07) is 3.84. The van der Waals surface area contributed by atoms with Crippen LogP contribution in [0, 0.1) is 0 Å². The topological polar surface area (TPSA) is 62.4 Å². The Morgan fingerprint density at radius 3 is 2.69 bits per heavy atom. The van der Waals surface area contributed by atoms with Crippen molar-refractivity contribution in [3.8, 4) is 0 Å². The smallest absolute Gasteiger partial charge is 0.123 e. The average Bonchev–Trinajstić information content (AvgIpc) is 2.24. The van der Waals surface area contributed by atoms with Crippen molar-refractivity contribution in [1.29, 1.82) is 0 Å². The summed E-state index contributed by atoms with van der Waals surface area (Å²) in [7, 11) is 0. The zero-order valence-electron chi connectivity index (χ0n) is 9.69. The molecule has 0 radical (unpaired) electrons. The monoisotopic (exact) mass is 221 g/mol. The van der Waals surface area contributed by atoms with Crippen LogP contribution in [0.1, 0.15) is 25.3 Å². The summed E-state index contributed by atoms with van der Waals surface area (Å²) in [5.41, 5.74) is 6.24. The first-order valence-corrected chi connectivity index (χ1v) is 5.70. The van der Waals surface area contributed by atoms with Crippen LogP contribution in [0.3, 0.4) is 0 Å². The number of hydrogen-bond donors (Lipinski definition) is 2. The number of likely N-dealkylation sites (tertiary alicyclic amines) is 1. The number of aliphatic hydroxyl groups is 1. The van der Waals surface area contributed by atoms with Crippen LogP contribution < -0.4 is 5.73 Å². The summed E-state index contributed by atoms with van der Waals surface area (Å²) in [4.78, 5) is 6.41. The highest BCUT2D eigenvalue weighted by Crippen LogP contribution is 2.22. The van der Waals surface area contributed by atoms with Gasteiger partial charge in [0, 0.05) is 25.8 Å². The summed E-state index contributed by atoms with van der Waals surface area (Å²) in [6.45, 7) is 4.69. The molecule has 3 N–H and O–H groups in total. The fraction of sp³-hybridized carbons (Fsp3) is 0.583. The van der Waals surface area contributed by atoms with Crippen molar-refractivity contribution < 1.29 is 5.11 Å². The normalized spacial score (nSPS) is 20.9. The van der Waals surface area contributed by atoms with Gasteiger partial charge in [0.15, 0.2) is 0 Å². The largest absolute Gasteiger partial charge is 0.390 e. The standard InChI is InChI=1S/C12H19N3O/c1-12(16)4-6-15(7-5-12)9-10-2-3-11(13)14-8-10/h2-3,8,16H,4-7,9H2,1H3,(H2,13,14). The first-order chi connectivity index (χ1) is 7.55. The highest BCUT2D eigenvalue weighted by Gasteiger charge is 2.26. The van der Waals surface area contributed by atoms with Crippen molar-refractivity contribution in [3.63, 3.8) is 0 Å². The number of aromatic nitrogens is 1. The van der Waals surface area contributed by atoms with Gasteiger partial charge in [0.1, 0.15) is 5.82 Å². The van der Waals surface area contributed by atoms with Crippen LogP contribution in [0.25, 0.3) is 0 Å². The lowest BCUT2D eigenvalue weighted by Crippen LogP contribution is -2.41. The van der Waals surface area contributed by atoms with Crippen molar-refractivity contribution in [2.75, 3.05) is 18.8 Å². The number of piperidine rings is 1. The SMILES string of the molecule is CC1(O)CCN(Cc2ccc(N)nc2)CC1. The summed E-state index contributed by atoms with van der Waals surface area (Å²) >= 11 is 0. The van der Waals surface area contributed by atoms with Crippen molar-refractivity contribution in [1.82, 2.24) is 9.88 Å². The Kier molecular flexibility index (Phi) is 3.12. The van der Waals surface area contributed by atoms with Gasteiger partial charge in [-0.25, -0.2) is 4.98 Å². The van der Waals surface area contributed by atoms with Crippen LogP contribution in [0.5, 0.6) is 0 Å². The Morgan fingerprint density at radius 1 is 1.44 bits per heavy atom. The molecule has 4 heteroatoms. The molecule has 0 spiro atoms. The third-order valence-corrected chi connectivity index (χ3v) is 3.19. The van der Waals surface area contributed by atoms with Gasteiger partial charge in [0.25, 0.3) is 0 Å². The maximum Gasteiger partial charge on any atom is 0.123 e. The second-order valence-corrected chi connectivity index (χ2v) is 4.86. The number of nitrogen functional groups attached to an aromatic ring is 1. The van der Waals surface area contributed by atoms with Crippen LogP contribution in [-0.2, 0) is 6.54 Å². The van der Waals surface area contributed by atoms with E-state index in [1.54, 1.807) is 0 Å². The van der Waals surface area contributed by atoms with Gasteiger partial charge in [0.2, 0.25) is 0 Å². The second-order valence-electron chi connectivity index (χ2n) is 4.86. The lowest BCUT2D eigenvalue weighted by molar-refractivity contribution is -0.00731. The highest BCUT2D eigenvalue weighted by atomic mass is 16.3. The molecule has 1 aromatic rings. The second kappa shape index (κ2) is 4.39. The minimum absolute atomic E-state index is 0.476. The van der Waals surface area contributed by atoms with Gasteiger partial charge in [-0.1, -0.05) is 6.07 Å². The molecule has 0 aromatic carbocycles. The maximum atomic E-state index is 9.84. The number of nitrogens with two attached hydrogens (primary N) is 1. The predicted molar refractivity (Wildman–Crippen MR) is 63.8 cm³/mol. The van der Waals surface area contributed by atoms with E-state index in [9.17, 15) is 5.11 Å². The van der Waals surface area contributed by atoms with Crippen LogP contribution >= 0.6 is 0 Å². The molecule has 0 atom stereocenters. The van der Waals surface area contributed by atoms with Crippen LogP contribution in [0.4, 0.5) is 5.82 Å². The van der Waals surface area contributed by atoms with E-state index in [0.29, 0.717) is 5.82 Å². The van der Waals surface area contributed by atoms with E-state index < -0.39 is 5.60 Å². The van der Waals surface area contributed by atoms with Crippen molar-refractivity contribution >= 4 is 5.82 Å².